The third-order valence-electron chi connectivity index (χ3n) is 3.39. The molecule has 0 atom stereocenters. The van der Waals surface area contributed by atoms with Gasteiger partial charge in [0.15, 0.2) is 0 Å². The number of carbonyl (C=O) groups is 2. The summed E-state index contributed by atoms with van der Waals surface area (Å²) in [6, 6.07) is 6.83. The number of carbonyl (C=O) groups excluding carboxylic acids is 2. The number of para-hydroxylation sites is 1. The summed E-state index contributed by atoms with van der Waals surface area (Å²) in [6.45, 7) is 2.73. The second kappa shape index (κ2) is 11.1. The maximum atomic E-state index is 11.7. The summed E-state index contributed by atoms with van der Waals surface area (Å²) in [5.74, 6) is -1.30. The van der Waals surface area contributed by atoms with Gasteiger partial charge in [0.1, 0.15) is 0 Å². The zero-order valence-corrected chi connectivity index (χ0v) is 13.9. The first-order chi connectivity index (χ1) is 10.6. The van der Waals surface area contributed by atoms with Crippen molar-refractivity contribution in [3.05, 3.63) is 29.3 Å². The Labute approximate surface area is 137 Å². The van der Waals surface area contributed by atoms with E-state index in [9.17, 15) is 9.59 Å². The van der Waals surface area contributed by atoms with E-state index in [-0.39, 0.29) is 0 Å². The lowest BCUT2D eigenvalue weighted by molar-refractivity contribution is -0.136. The first-order valence-electron chi connectivity index (χ1n) is 7.99. The Kier molecular flexibility index (Phi) is 9.31. The van der Waals surface area contributed by atoms with Crippen LogP contribution in [0.2, 0.25) is 5.02 Å². The highest BCUT2D eigenvalue weighted by molar-refractivity contribution is 6.41. The van der Waals surface area contributed by atoms with E-state index in [0.717, 1.165) is 12.8 Å². The molecule has 1 aromatic rings. The number of halogens is 1. The molecule has 0 heterocycles. The molecule has 0 aliphatic rings. The summed E-state index contributed by atoms with van der Waals surface area (Å²) in [7, 11) is 0. The van der Waals surface area contributed by atoms with Gasteiger partial charge in [-0.15, -0.1) is 0 Å². The van der Waals surface area contributed by atoms with Crippen molar-refractivity contribution in [3.63, 3.8) is 0 Å². The molecule has 2 N–H and O–H groups in total. The first-order valence-corrected chi connectivity index (χ1v) is 8.36. The molecular weight excluding hydrogens is 300 g/mol. The Balaban J connectivity index is 2.14. The van der Waals surface area contributed by atoms with Gasteiger partial charge in [-0.1, -0.05) is 69.2 Å². The van der Waals surface area contributed by atoms with Crippen molar-refractivity contribution in [1.82, 2.24) is 5.32 Å². The summed E-state index contributed by atoms with van der Waals surface area (Å²) in [5, 5.41) is 5.55. The van der Waals surface area contributed by atoms with Crippen molar-refractivity contribution < 1.29 is 9.59 Å². The van der Waals surface area contributed by atoms with Gasteiger partial charge in [-0.25, -0.2) is 0 Å². The van der Waals surface area contributed by atoms with Crippen LogP contribution in [-0.4, -0.2) is 18.4 Å². The molecule has 0 saturated heterocycles. The van der Waals surface area contributed by atoms with Crippen LogP contribution in [-0.2, 0) is 9.59 Å². The molecule has 0 unspecified atom stereocenters. The number of benzene rings is 1. The molecule has 0 saturated carbocycles. The number of nitrogens with one attached hydrogen (secondary N) is 2. The van der Waals surface area contributed by atoms with Crippen molar-refractivity contribution in [2.45, 2.75) is 51.9 Å². The van der Waals surface area contributed by atoms with Crippen LogP contribution in [0.15, 0.2) is 24.3 Å². The molecule has 0 fully saturated rings. The topological polar surface area (TPSA) is 58.2 Å². The monoisotopic (exact) mass is 324 g/mol. The second-order valence-corrected chi connectivity index (χ2v) is 5.72. The van der Waals surface area contributed by atoms with Gasteiger partial charge < -0.3 is 10.6 Å². The first kappa shape index (κ1) is 18.5. The Bertz CT molecular complexity index is 477. The average molecular weight is 325 g/mol. The molecule has 0 spiro atoms. The quantitative estimate of drug-likeness (QED) is 0.529. The number of anilines is 1. The Morgan fingerprint density at radius 3 is 2.27 bits per heavy atom. The van der Waals surface area contributed by atoms with E-state index in [4.69, 9.17) is 11.6 Å². The minimum atomic E-state index is -0.684. The lowest BCUT2D eigenvalue weighted by Crippen LogP contribution is -2.35. The van der Waals surface area contributed by atoms with Crippen molar-refractivity contribution in [1.29, 1.82) is 0 Å². The standard InChI is InChI=1S/C17H25ClN2O2/c1-2-3-4-5-6-7-10-13-19-16(21)17(22)20-15-12-9-8-11-14(15)18/h8-9,11-12H,2-7,10,13H2,1H3,(H,19,21)(H,20,22). The van der Waals surface area contributed by atoms with Crippen LogP contribution in [0.3, 0.4) is 0 Å². The number of unbranched alkanes of at least 4 members (excludes halogenated alkanes) is 6. The summed E-state index contributed by atoms with van der Waals surface area (Å²) in [4.78, 5) is 23.4. The number of hydrogen-bond acceptors (Lipinski definition) is 2. The van der Waals surface area contributed by atoms with Gasteiger partial charge in [0, 0.05) is 6.54 Å². The van der Waals surface area contributed by atoms with Gasteiger partial charge in [0.05, 0.1) is 10.7 Å². The van der Waals surface area contributed by atoms with Crippen molar-refractivity contribution in [2.24, 2.45) is 0 Å². The third kappa shape index (κ3) is 7.46. The largest absolute Gasteiger partial charge is 0.348 e. The number of hydrogen-bond donors (Lipinski definition) is 2. The van der Waals surface area contributed by atoms with Gasteiger partial charge >= 0.3 is 11.8 Å². The molecule has 4 nitrogen and oxygen atoms in total. The van der Waals surface area contributed by atoms with Crippen LogP contribution in [0.1, 0.15) is 51.9 Å². The SMILES string of the molecule is CCCCCCCCCNC(=O)C(=O)Nc1ccccc1Cl. The van der Waals surface area contributed by atoms with Gasteiger partial charge in [-0.2, -0.15) is 0 Å². The van der Waals surface area contributed by atoms with Gasteiger partial charge in [0.2, 0.25) is 0 Å². The summed E-state index contributed by atoms with van der Waals surface area (Å²) >= 11 is 5.92. The molecule has 0 aliphatic heterocycles. The molecular formula is C17H25ClN2O2. The molecule has 1 aromatic carbocycles. The van der Waals surface area contributed by atoms with Crippen LogP contribution in [0.4, 0.5) is 5.69 Å². The van der Waals surface area contributed by atoms with Crippen molar-refractivity contribution in [3.8, 4) is 0 Å². The van der Waals surface area contributed by atoms with E-state index in [1.54, 1.807) is 24.3 Å². The highest BCUT2D eigenvalue weighted by atomic mass is 35.5. The van der Waals surface area contributed by atoms with Gasteiger partial charge in [-0.3, -0.25) is 9.59 Å². The normalized spacial score (nSPS) is 10.3. The molecule has 22 heavy (non-hydrogen) atoms. The maximum absolute atomic E-state index is 11.7. The van der Waals surface area contributed by atoms with E-state index in [1.165, 1.54) is 32.1 Å². The fraction of sp³-hybridized carbons (Fsp3) is 0.529. The fourth-order valence-electron chi connectivity index (χ4n) is 2.11. The van der Waals surface area contributed by atoms with E-state index in [2.05, 4.69) is 17.6 Å². The van der Waals surface area contributed by atoms with E-state index in [0.29, 0.717) is 17.3 Å². The average Bonchev–Trinajstić information content (AvgIpc) is 2.52. The molecule has 122 valence electrons. The zero-order chi connectivity index (χ0) is 16.2. The maximum Gasteiger partial charge on any atom is 0.313 e. The van der Waals surface area contributed by atoms with Gasteiger partial charge in [-0.05, 0) is 18.6 Å². The molecule has 1 rings (SSSR count). The lowest BCUT2D eigenvalue weighted by atomic mass is 10.1. The summed E-state index contributed by atoms with van der Waals surface area (Å²) < 4.78 is 0. The highest BCUT2D eigenvalue weighted by Crippen LogP contribution is 2.20. The van der Waals surface area contributed by atoms with Crippen LogP contribution < -0.4 is 10.6 Å². The van der Waals surface area contributed by atoms with E-state index < -0.39 is 11.8 Å². The fourth-order valence-corrected chi connectivity index (χ4v) is 2.29. The number of rotatable bonds is 9. The third-order valence-corrected chi connectivity index (χ3v) is 3.72. The smallest absolute Gasteiger partial charge is 0.313 e. The Morgan fingerprint density at radius 2 is 1.59 bits per heavy atom. The molecule has 0 bridgehead atoms. The Morgan fingerprint density at radius 1 is 0.955 bits per heavy atom. The van der Waals surface area contributed by atoms with Crippen LogP contribution in [0.25, 0.3) is 0 Å². The predicted molar refractivity (Wildman–Crippen MR) is 91.1 cm³/mol. The van der Waals surface area contributed by atoms with Crippen molar-refractivity contribution >= 4 is 29.1 Å². The van der Waals surface area contributed by atoms with Gasteiger partial charge in [0.25, 0.3) is 0 Å². The van der Waals surface area contributed by atoms with E-state index in [1.807, 2.05) is 0 Å². The van der Waals surface area contributed by atoms with Crippen molar-refractivity contribution in [2.75, 3.05) is 11.9 Å². The Hall–Kier alpha value is -1.55. The molecule has 5 heteroatoms. The molecule has 0 aliphatic carbocycles. The summed E-state index contributed by atoms with van der Waals surface area (Å²) in [6.07, 6.45) is 8.22. The number of amides is 2. The minimum Gasteiger partial charge on any atom is -0.348 e. The predicted octanol–water partition coefficient (Wildman–Crippen LogP) is 4.15. The van der Waals surface area contributed by atoms with Crippen LogP contribution >= 0.6 is 11.6 Å². The van der Waals surface area contributed by atoms with Crippen LogP contribution in [0, 0.1) is 0 Å². The summed E-state index contributed by atoms with van der Waals surface area (Å²) in [5.41, 5.74) is 0.445. The zero-order valence-electron chi connectivity index (χ0n) is 13.2. The highest BCUT2D eigenvalue weighted by Gasteiger charge is 2.13. The van der Waals surface area contributed by atoms with Crippen LogP contribution in [0.5, 0.6) is 0 Å². The second-order valence-electron chi connectivity index (χ2n) is 5.31. The molecule has 0 radical (unpaired) electrons. The lowest BCUT2D eigenvalue weighted by Gasteiger charge is -2.07. The van der Waals surface area contributed by atoms with E-state index >= 15 is 0 Å². The molecule has 0 aromatic heterocycles. The molecule has 2 amide bonds. The minimum absolute atomic E-state index is 0.413.